The Morgan fingerprint density at radius 2 is 2.06 bits per heavy atom. The van der Waals surface area contributed by atoms with E-state index in [1.165, 1.54) is 12.8 Å². The summed E-state index contributed by atoms with van der Waals surface area (Å²) in [6, 6.07) is 5.37. The number of aryl methyl sites for hydroxylation is 1. The largest absolute Gasteiger partial charge is 0.338 e. The summed E-state index contributed by atoms with van der Waals surface area (Å²) in [5.74, 6) is 0. The number of urea groups is 1. The molecule has 2 amide bonds. The maximum atomic E-state index is 11.6. The van der Waals surface area contributed by atoms with Gasteiger partial charge in [0.2, 0.25) is 0 Å². The molecule has 100 valence electrons. The van der Waals surface area contributed by atoms with E-state index in [9.17, 15) is 4.79 Å². The van der Waals surface area contributed by atoms with Crippen LogP contribution in [-0.2, 0) is 0 Å². The molecule has 4 heteroatoms. The van der Waals surface area contributed by atoms with Gasteiger partial charge in [-0.25, -0.2) is 4.79 Å². The van der Waals surface area contributed by atoms with Crippen LogP contribution >= 0.6 is 11.6 Å². The molecule has 1 rings (SSSR count). The second-order valence-corrected chi connectivity index (χ2v) is 4.83. The van der Waals surface area contributed by atoms with Crippen LogP contribution in [0.2, 0.25) is 5.02 Å². The van der Waals surface area contributed by atoms with Gasteiger partial charge in [0.25, 0.3) is 0 Å². The van der Waals surface area contributed by atoms with E-state index in [1.54, 1.807) is 0 Å². The van der Waals surface area contributed by atoms with Crippen LogP contribution in [0.4, 0.5) is 10.5 Å². The van der Waals surface area contributed by atoms with Gasteiger partial charge < -0.3 is 10.6 Å². The Morgan fingerprint density at radius 1 is 1.28 bits per heavy atom. The third kappa shape index (κ3) is 5.41. The Morgan fingerprint density at radius 3 is 2.72 bits per heavy atom. The number of carbonyl (C=O) groups excluding carboxylic acids is 1. The lowest BCUT2D eigenvalue weighted by atomic mass is 10.2. The number of hydrogen-bond acceptors (Lipinski definition) is 1. The summed E-state index contributed by atoms with van der Waals surface area (Å²) in [7, 11) is 0. The molecule has 18 heavy (non-hydrogen) atoms. The predicted molar refractivity (Wildman–Crippen MR) is 77.4 cm³/mol. The molecule has 0 saturated heterocycles. The SMILES string of the molecule is CCCCCCNC(=O)Nc1ccc(C)cc1Cl. The topological polar surface area (TPSA) is 41.1 Å². The average Bonchev–Trinajstić information content (AvgIpc) is 2.32. The Balaban J connectivity index is 2.31. The fraction of sp³-hybridized carbons (Fsp3) is 0.500. The number of unbranched alkanes of at least 4 members (excludes halogenated alkanes) is 3. The van der Waals surface area contributed by atoms with E-state index in [-0.39, 0.29) is 6.03 Å². The minimum atomic E-state index is -0.197. The zero-order valence-corrected chi connectivity index (χ0v) is 11.8. The van der Waals surface area contributed by atoms with Crippen molar-refractivity contribution in [1.29, 1.82) is 0 Å². The molecule has 0 aliphatic heterocycles. The van der Waals surface area contributed by atoms with Crippen LogP contribution in [0.25, 0.3) is 0 Å². The van der Waals surface area contributed by atoms with Crippen molar-refractivity contribution in [2.45, 2.75) is 39.5 Å². The zero-order chi connectivity index (χ0) is 13.4. The molecule has 0 aliphatic carbocycles. The zero-order valence-electron chi connectivity index (χ0n) is 11.1. The van der Waals surface area contributed by atoms with E-state index in [4.69, 9.17) is 11.6 Å². The third-order valence-corrected chi connectivity index (χ3v) is 3.00. The number of nitrogens with one attached hydrogen (secondary N) is 2. The molecule has 0 aliphatic rings. The molecule has 0 unspecified atom stereocenters. The number of carbonyl (C=O) groups is 1. The molecule has 1 aromatic carbocycles. The standard InChI is InChI=1S/C14H21ClN2O/c1-3-4-5-6-9-16-14(18)17-13-8-7-11(2)10-12(13)15/h7-8,10H,3-6,9H2,1-2H3,(H2,16,17,18). The predicted octanol–water partition coefficient (Wildman–Crippen LogP) is 4.35. The van der Waals surface area contributed by atoms with Crippen LogP contribution in [-0.4, -0.2) is 12.6 Å². The van der Waals surface area contributed by atoms with E-state index in [0.717, 1.165) is 18.4 Å². The Hall–Kier alpha value is -1.22. The van der Waals surface area contributed by atoms with Crippen LogP contribution in [0.3, 0.4) is 0 Å². The van der Waals surface area contributed by atoms with Gasteiger partial charge in [-0.2, -0.15) is 0 Å². The van der Waals surface area contributed by atoms with E-state index in [2.05, 4.69) is 17.6 Å². The number of halogens is 1. The lowest BCUT2D eigenvalue weighted by Gasteiger charge is -2.09. The van der Waals surface area contributed by atoms with Crippen molar-refractivity contribution in [2.75, 3.05) is 11.9 Å². The summed E-state index contributed by atoms with van der Waals surface area (Å²) in [6.45, 7) is 4.83. The second-order valence-electron chi connectivity index (χ2n) is 4.42. The fourth-order valence-electron chi connectivity index (χ4n) is 1.64. The van der Waals surface area contributed by atoms with Crippen molar-refractivity contribution in [3.63, 3.8) is 0 Å². The lowest BCUT2D eigenvalue weighted by Crippen LogP contribution is -2.29. The van der Waals surface area contributed by atoms with Crippen LogP contribution in [0.15, 0.2) is 18.2 Å². The first kappa shape index (κ1) is 14.8. The van der Waals surface area contributed by atoms with Crippen molar-refractivity contribution in [3.8, 4) is 0 Å². The van der Waals surface area contributed by atoms with Crippen molar-refractivity contribution in [3.05, 3.63) is 28.8 Å². The van der Waals surface area contributed by atoms with Crippen LogP contribution in [0.5, 0.6) is 0 Å². The Labute approximate surface area is 114 Å². The number of amides is 2. The molecular weight excluding hydrogens is 248 g/mol. The van der Waals surface area contributed by atoms with Gasteiger partial charge in [0.15, 0.2) is 0 Å². The van der Waals surface area contributed by atoms with Gasteiger partial charge in [0, 0.05) is 6.54 Å². The highest BCUT2D eigenvalue weighted by molar-refractivity contribution is 6.33. The summed E-state index contributed by atoms with van der Waals surface area (Å²) in [5.41, 5.74) is 1.72. The normalized spacial score (nSPS) is 10.2. The molecule has 0 aromatic heterocycles. The van der Waals surface area contributed by atoms with Crippen LogP contribution < -0.4 is 10.6 Å². The maximum Gasteiger partial charge on any atom is 0.319 e. The van der Waals surface area contributed by atoms with E-state index < -0.39 is 0 Å². The summed E-state index contributed by atoms with van der Waals surface area (Å²) in [4.78, 5) is 11.6. The molecule has 0 heterocycles. The molecule has 3 nitrogen and oxygen atoms in total. The molecule has 0 spiro atoms. The van der Waals surface area contributed by atoms with Crippen molar-refractivity contribution in [1.82, 2.24) is 5.32 Å². The highest BCUT2D eigenvalue weighted by Crippen LogP contribution is 2.22. The molecule has 0 fully saturated rings. The number of benzene rings is 1. The highest BCUT2D eigenvalue weighted by Gasteiger charge is 2.04. The van der Waals surface area contributed by atoms with Gasteiger partial charge in [-0.1, -0.05) is 43.9 Å². The van der Waals surface area contributed by atoms with Crippen LogP contribution in [0, 0.1) is 6.92 Å². The molecule has 0 radical (unpaired) electrons. The second kappa shape index (κ2) is 7.98. The Bertz CT molecular complexity index is 393. The van der Waals surface area contributed by atoms with Crippen molar-refractivity contribution in [2.24, 2.45) is 0 Å². The highest BCUT2D eigenvalue weighted by atomic mass is 35.5. The Kier molecular flexibility index (Phi) is 6.58. The monoisotopic (exact) mass is 268 g/mol. The maximum absolute atomic E-state index is 11.6. The molecule has 1 aromatic rings. The molecule has 0 atom stereocenters. The number of anilines is 1. The molecule has 0 saturated carbocycles. The first-order chi connectivity index (χ1) is 8.63. The van der Waals surface area contributed by atoms with Gasteiger partial charge >= 0.3 is 6.03 Å². The minimum Gasteiger partial charge on any atom is -0.338 e. The minimum absolute atomic E-state index is 0.197. The average molecular weight is 269 g/mol. The van der Waals surface area contributed by atoms with Crippen LogP contribution in [0.1, 0.15) is 38.2 Å². The van der Waals surface area contributed by atoms with Gasteiger partial charge in [0.1, 0.15) is 0 Å². The van der Waals surface area contributed by atoms with E-state index in [0.29, 0.717) is 17.3 Å². The number of rotatable bonds is 6. The fourth-order valence-corrected chi connectivity index (χ4v) is 1.92. The summed E-state index contributed by atoms with van der Waals surface area (Å²) < 4.78 is 0. The van der Waals surface area contributed by atoms with E-state index in [1.807, 2.05) is 25.1 Å². The summed E-state index contributed by atoms with van der Waals surface area (Å²) in [5, 5.41) is 6.14. The van der Waals surface area contributed by atoms with Crippen molar-refractivity contribution < 1.29 is 4.79 Å². The van der Waals surface area contributed by atoms with Gasteiger partial charge in [-0.05, 0) is 31.0 Å². The molecular formula is C14H21ClN2O. The van der Waals surface area contributed by atoms with Crippen molar-refractivity contribution >= 4 is 23.3 Å². The van der Waals surface area contributed by atoms with Gasteiger partial charge in [-0.3, -0.25) is 0 Å². The summed E-state index contributed by atoms with van der Waals surface area (Å²) >= 11 is 6.03. The first-order valence-corrected chi connectivity index (χ1v) is 6.82. The first-order valence-electron chi connectivity index (χ1n) is 6.44. The van der Waals surface area contributed by atoms with E-state index >= 15 is 0 Å². The van der Waals surface area contributed by atoms with Gasteiger partial charge in [0.05, 0.1) is 10.7 Å². The number of hydrogen-bond donors (Lipinski definition) is 2. The lowest BCUT2D eigenvalue weighted by molar-refractivity contribution is 0.252. The molecule has 0 bridgehead atoms. The molecule has 2 N–H and O–H groups in total. The van der Waals surface area contributed by atoms with Gasteiger partial charge in [-0.15, -0.1) is 0 Å². The smallest absolute Gasteiger partial charge is 0.319 e. The quantitative estimate of drug-likeness (QED) is 0.740. The summed E-state index contributed by atoms with van der Waals surface area (Å²) in [6.07, 6.45) is 4.59. The third-order valence-electron chi connectivity index (χ3n) is 2.69.